The smallest absolute Gasteiger partial charge is 0.323 e. The van der Waals surface area contributed by atoms with Crippen LogP contribution >= 0.6 is 11.3 Å². The molecule has 4 aromatic rings. The van der Waals surface area contributed by atoms with Gasteiger partial charge in [0.05, 0.1) is 24.0 Å². The molecule has 37 heavy (non-hydrogen) atoms. The summed E-state index contributed by atoms with van der Waals surface area (Å²) >= 11 is 1.82. The molecular formula is C29H28F2N4OS. The Morgan fingerprint density at radius 1 is 1.03 bits per heavy atom. The van der Waals surface area contributed by atoms with E-state index in [9.17, 15) is 13.6 Å². The summed E-state index contributed by atoms with van der Waals surface area (Å²) in [7, 11) is 3.98. The molecule has 0 saturated heterocycles. The number of urea groups is 1. The molecule has 0 unspecified atom stereocenters. The second kappa shape index (κ2) is 9.34. The second-order valence-electron chi connectivity index (χ2n) is 9.87. The number of hydrogen-bond donors (Lipinski definition) is 1. The summed E-state index contributed by atoms with van der Waals surface area (Å²) in [6.45, 7) is 0.400. The van der Waals surface area contributed by atoms with Crippen LogP contribution in [0.1, 0.15) is 46.1 Å². The lowest BCUT2D eigenvalue weighted by atomic mass is 9.95. The van der Waals surface area contributed by atoms with Crippen LogP contribution < -0.4 is 10.2 Å². The SMILES string of the molecule is CN(C)c1ccc([C@H]2c3cccn3-c3sc4c(c3CN2C(=O)Nc2ccc(F)cc2F)CCCC4)cc1. The first-order valence-corrected chi connectivity index (χ1v) is 13.3. The number of hydrogen-bond acceptors (Lipinski definition) is 3. The Hall–Kier alpha value is -3.65. The largest absolute Gasteiger partial charge is 0.378 e. The summed E-state index contributed by atoms with van der Waals surface area (Å²) in [4.78, 5) is 19.1. The van der Waals surface area contributed by atoms with Crippen molar-refractivity contribution in [3.63, 3.8) is 0 Å². The van der Waals surface area contributed by atoms with Gasteiger partial charge in [-0.25, -0.2) is 13.6 Å². The Bertz CT molecular complexity index is 1470. The Balaban J connectivity index is 1.48. The fourth-order valence-corrected chi connectivity index (χ4v) is 6.87. The maximum atomic E-state index is 14.5. The predicted molar refractivity (Wildman–Crippen MR) is 144 cm³/mol. The van der Waals surface area contributed by atoms with Crippen molar-refractivity contribution >= 4 is 28.7 Å². The first-order chi connectivity index (χ1) is 17.9. The number of halogens is 2. The van der Waals surface area contributed by atoms with E-state index in [1.165, 1.54) is 28.5 Å². The molecule has 2 aromatic carbocycles. The van der Waals surface area contributed by atoms with Crippen molar-refractivity contribution in [3.05, 3.63) is 99.7 Å². The number of carbonyl (C=O) groups is 1. The van der Waals surface area contributed by atoms with E-state index in [1.807, 2.05) is 60.7 Å². The van der Waals surface area contributed by atoms with E-state index in [4.69, 9.17) is 0 Å². The third-order valence-electron chi connectivity index (χ3n) is 7.34. The summed E-state index contributed by atoms with van der Waals surface area (Å²) in [5.74, 6) is -1.48. The minimum atomic E-state index is -0.799. The maximum Gasteiger partial charge on any atom is 0.323 e. The zero-order chi connectivity index (χ0) is 25.7. The number of amides is 2. The van der Waals surface area contributed by atoms with E-state index >= 15 is 0 Å². The monoisotopic (exact) mass is 518 g/mol. The van der Waals surface area contributed by atoms with E-state index in [-0.39, 0.29) is 5.69 Å². The molecule has 1 aliphatic heterocycles. The Morgan fingerprint density at radius 2 is 1.81 bits per heavy atom. The van der Waals surface area contributed by atoms with Crippen molar-refractivity contribution in [1.82, 2.24) is 9.47 Å². The van der Waals surface area contributed by atoms with Gasteiger partial charge in [0, 0.05) is 42.5 Å². The first-order valence-electron chi connectivity index (χ1n) is 12.5. The number of fused-ring (bicyclic) bond motifs is 5. The molecule has 0 saturated carbocycles. The summed E-state index contributed by atoms with van der Waals surface area (Å²) in [6.07, 6.45) is 6.45. The van der Waals surface area contributed by atoms with Crippen LogP contribution in [-0.2, 0) is 19.4 Å². The predicted octanol–water partition coefficient (Wildman–Crippen LogP) is 6.90. The molecule has 1 N–H and O–H groups in total. The molecule has 6 rings (SSSR count). The first kappa shape index (κ1) is 23.7. The number of aromatic nitrogens is 1. The fourth-order valence-electron chi connectivity index (χ4n) is 5.47. The normalized spacial score (nSPS) is 16.4. The van der Waals surface area contributed by atoms with Gasteiger partial charge in [-0.15, -0.1) is 11.3 Å². The van der Waals surface area contributed by atoms with E-state index in [0.717, 1.165) is 53.3 Å². The quantitative estimate of drug-likeness (QED) is 0.321. The number of aryl methyl sites for hydroxylation is 1. The van der Waals surface area contributed by atoms with Crippen molar-refractivity contribution in [2.45, 2.75) is 38.3 Å². The standard InChI is InChI=1S/C29H28F2N4OS/c1-33(2)20-12-9-18(10-13-20)27-25-7-5-15-34(25)28-22(21-6-3-4-8-26(21)37-28)17-35(27)29(36)32-24-14-11-19(30)16-23(24)31/h5,7,9-16,27H,3-4,6,8,17H2,1-2H3,(H,32,36)/t27-/m0/s1. The van der Waals surface area contributed by atoms with Crippen molar-refractivity contribution in [2.24, 2.45) is 0 Å². The molecule has 2 aliphatic rings. The average Bonchev–Trinajstić information content (AvgIpc) is 3.47. The van der Waals surface area contributed by atoms with Gasteiger partial charge in [-0.3, -0.25) is 0 Å². The van der Waals surface area contributed by atoms with Crippen LogP contribution in [0.3, 0.4) is 0 Å². The molecule has 190 valence electrons. The number of carbonyl (C=O) groups excluding carboxylic acids is 1. The number of thiophene rings is 1. The minimum absolute atomic E-state index is 0.0414. The molecule has 0 spiro atoms. The topological polar surface area (TPSA) is 40.5 Å². The molecule has 3 heterocycles. The lowest BCUT2D eigenvalue weighted by Gasteiger charge is -2.31. The highest BCUT2D eigenvalue weighted by atomic mass is 32.1. The van der Waals surface area contributed by atoms with Crippen LogP contribution in [0.15, 0.2) is 60.8 Å². The van der Waals surface area contributed by atoms with Crippen molar-refractivity contribution in [3.8, 4) is 5.00 Å². The van der Waals surface area contributed by atoms with Crippen LogP contribution in [0.25, 0.3) is 5.00 Å². The molecule has 1 aliphatic carbocycles. The molecule has 0 radical (unpaired) electrons. The van der Waals surface area contributed by atoms with Crippen LogP contribution in [0.2, 0.25) is 0 Å². The molecule has 8 heteroatoms. The van der Waals surface area contributed by atoms with Gasteiger partial charge in [0.2, 0.25) is 0 Å². The summed E-state index contributed by atoms with van der Waals surface area (Å²) < 4.78 is 30.3. The lowest BCUT2D eigenvalue weighted by Crippen LogP contribution is -2.38. The third-order valence-corrected chi connectivity index (χ3v) is 8.67. The maximum absolute atomic E-state index is 14.5. The summed E-state index contributed by atoms with van der Waals surface area (Å²) in [6, 6.07) is 14.6. The molecule has 2 aromatic heterocycles. The Morgan fingerprint density at radius 3 is 2.57 bits per heavy atom. The number of anilines is 2. The molecule has 0 bridgehead atoms. The Labute approximate surface area is 218 Å². The zero-order valence-corrected chi connectivity index (χ0v) is 21.6. The average molecular weight is 519 g/mol. The van der Waals surface area contributed by atoms with Gasteiger partial charge < -0.3 is 19.7 Å². The number of nitrogens with one attached hydrogen (secondary N) is 1. The van der Waals surface area contributed by atoms with Gasteiger partial charge >= 0.3 is 6.03 Å². The van der Waals surface area contributed by atoms with E-state index in [0.29, 0.717) is 6.54 Å². The highest BCUT2D eigenvalue weighted by molar-refractivity contribution is 7.15. The number of rotatable bonds is 3. The van der Waals surface area contributed by atoms with E-state index in [2.05, 4.69) is 22.1 Å². The van der Waals surface area contributed by atoms with Gasteiger partial charge in [0.1, 0.15) is 16.6 Å². The van der Waals surface area contributed by atoms with Crippen LogP contribution in [0, 0.1) is 11.6 Å². The van der Waals surface area contributed by atoms with Crippen LogP contribution in [-0.4, -0.2) is 29.6 Å². The van der Waals surface area contributed by atoms with E-state index in [1.54, 1.807) is 4.90 Å². The number of benzene rings is 2. The summed E-state index contributed by atoms with van der Waals surface area (Å²) in [5.41, 5.74) is 5.47. The molecule has 5 nitrogen and oxygen atoms in total. The second-order valence-corrected chi connectivity index (χ2v) is 11.0. The molecule has 1 atom stereocenters. The summed E-state index contributed by atoms with van der Waals surface area (Å²) in [5, 5.41) is 3.88. The van der Waals surface area contributed by atoms with Crippen molar-refractivity contribution < 1.29 is 13.6 Å². The zero-order valence-electron chi connectivity index (χ0n) is 20.8. The Kier molecular flexibility index (Phi) is 5.99. The van der Waals surface area contributed by atoms with Gasteiger partial charge in [-0.1, -0.05) is 12.1 Å². The van der Waals surface area contributed by atoms with Crippen LogP contribution in [0.4, 0.5) is 25.0 Å². The highest BCUT2D eigenvalue weighted by Gasteiger charge is 2.36. The van der Waals surface area contributed by atoms with Gasteiger partial charge in [-0.2, -0.15) is 0 Å². The molecule has 2 amide bonds. The third kappa shape index (κ3) is 4.19. The minimum Gasteiger partial charge on any atom is -0.378 e. The number of nitrogens with zero attached hydrogens (tertiary/aromatic N) is 3. The van der Waals surface area contributed by atoms with Crippen molar-refractivity contribution in [1.29, 1.82) is 0 Å². The van der Waals surface area contributed by atoms with Crippen molar-refractivity contribution in [2.75, 3.05) is 24.3 Å². The molecule has 0 fully saturated rings. The van der Waals surface area contributed by atoms with Crippen LogP contribution in [0.5, 0.6) is 0 Å². The fraction of sp³-hybridized carbons (Fsp3) is 0.276. The van der Waals surface area contributed by atoms with Gasteiger partial charge in [0.15, 0.2) is 0 Å². The van der Waals surface area contributed by atoms with Gasteiger partial charge in [-0.05, 0) is 73.2 Å². The van der Waals surface area contributed by atoms with Gasteiger partial charge in [0.25, 0.3) is 0 Å². The highest BCUT2D eigenvalue weighted by Crippen LogP contribution is 2.44. The lowest BCUT2D eigenvalue weighted by molar-refractivity contribution is 0.194. The van der Waals surface area contributed by atoms with E-state index < -0.39 is 23.7 Å². The molecular weight excluding hydrogens is 490 g/mol.